The Morgan fingerprint density at radius 1 is 1.30 bits per heavy atom. The Bertz CT molecular complexity index is 1110. The van der Waals surface area contributed by atoms with Crippen molar-refractivity contribution >= 4 is 29.1 Å². The van der Waals surface area contributed by atoms with Gasteiger partial charge in [-0.15, -0.1) is 10.2 Å². The van der Waals surface area contributed by atoms with Gasteiger partial charge in [0.2, 0.25) is 5.95 Å². The topological polar surface area (TPSA) is 67.6 Å². The van der Waals surface area contributed by atoms with Crippen LogP contribution in [-0.4, -0.2) is 49.3 Å². The summed E-state index contributed by atoms with van der Waals surface area (Å²) in [4.78, 5) is 4.61. The fraction of sp³-hybridized carbons (Fsp3) is 0.381. The molecule has 7 nitrogen and oxygen atoms in total. The number of rotatable bonds is 6. The molecular formula is C21H23FN6OS. The van der Waals surface area contributed by atoms with E-state index in [9.17, 15) is 4.39 Å². The van der Waals surface area contributed by atoms with E-state index in [-0.39, 0.29) is 5.82 Å². The molecule has 156 valence electrons. The zero-order chi connectivity index (χ0) is 20.5. The van der Waals surface area contributed by atoms with Crippen molar-refractivity contribution in [2.75, 3.05) is 30.8 Å². The third-order valence-corrected chi connectivity index (χ3v) is 6.48. The first kappa shape index (κ1) is 19.3. The van der Waals surface area contributed by atoms with Crippen LogP contribution in [0.3, 0.4) is 0 Å². The Balaban J connectivity index is 1.40. The SMILES string of the molecule is CCSN1CC=C(c2cnc(NCc3c(F)ccc4c3CCO4)n3cnnc23)CC1. The Kier molecular flexibility index (Phi) is 5.30. The van der Waals surface area contributed by atoms with Crippen molar-refractivity contribution in [2.45, 2.75) is 26.3 Å². The van der Waals surface area contributed by atoms with Gasteiger partial charge in [-0.25, -0.2) is 13.7 Å². The fourth-order valence-electron chi connectivity index (χ4n) is 4.05. The summed E-state index contributed by atoms with van der Waals surface area (Å²) in [5.74, 6) is 2.21. The molecule has 3 aromatic rings. The van der Waals surface area contributed by atoms with E-state index in [1.165, 1.54) is 11.6 Å². The van der Waals surface area contributed by atoms with Gasteiger partial charge < -0.3 is 10.1 Å². The van der Waals surface area contributed by atoms with Crippen LogP contribution < -0.4 is 10.1 Å². The number of hydrogen-bond donors (Lipinski definition) is 1. The summed E-state index contributed by atoms with van der Waals surface area (Å²) in [5.41, 5.74) is 4.56. The summed E-state index contributed by atoms with van der Waals surface area (Å²) in [6.07, 6.45) is 7.40. The first-order valence-corrected chi connectivity index (χ1v) is 11.1. The van der Waals surface area contributed by atoms with Gasteiger partial charge in [0.25, 0.3) is 0 Å². The molecule has 0 saturated heterocycles. The zero-order valence-electron chi connectivity index (χ0n) is 16.8. The maximum atomic E-state index is 14.4. The van der Waals surface area contributed by atoms with Gasteiger partial charge in [0.05, 0.1) is 6.61 Å². The number of ether oxygens (including phenoxy) is 1. The molecule has 2 aliphatic heterocycles. The number of aromatic nitrogens is 4. The number of halogens is 1. The minimum Gasteiger partial charge on any atom is -0.493 e. The van der Waals surface area contributed by atoms with Crippen LogP contribution in [0.15, 0.2) is 30.7 Å². The van der Waals surface area contributed by atoms with Gasteiger partial charge in [-0.05, 0) is 24.1 Å². The number of fused-ring (bicyclic) bond motifs is 2. The lowest BCUT2D eigenvalue weighted by atomic mass is 10.0. The number of benzene rings is 1. The number of nitrogens with zero attached hydrogens (tertiary/aromatic N) is 5. The van der Waals surface area contributed by atoms with Crippen molar-refractivity contribution in [3.8, 4) is 5.75 Å². The Morgan fingerprint density at radius 2 is 2.23 bits per heavy atom. The van der Waals surface area contributed by atoms with Crippen molar-refractivity contribution in [2.24, 2.45) is 0 Å². The molecule has 0 spiro atoms. The minimum atomic E-state index is -0.231. The van der Waals surface area contributed by atoms with Gasteiger partial charge in [-0.3, -0.25) is 4.40 Å². The van der Waals surface area contributed by atoms with Crippen LogP contribution in [0.5, 0.6) is 5.75 Å². The average Bonchev–Trinajstić information content (AvgIpc) is 3.44. The van der Waals surface area contributed by atoms with Gasteiger partial charge in [-0.1, -0.05) is 24.9 Å². The van der Waals surface area contributed by atoms with Gasteiger partial charge in [-0.2, -0.15) is 0 Å². The second kappa shape index (κ2) is 8.23. The lowest BCUT2D eigenvalue weighted by Gasteiger charge is -2.24. The van der Waals surface area contributed by atoms with Crippen molar-refractivity contribution in [3.05, 3.63) is 53.2 Å². The first-order valence-electron chi connectivity index (χ1n) is 10.2. The predicted molar refractivity (Wildman–Crippen MR) is 116 cm³/mol. The molecule has 4 heterocycles. The van der Waals surface area contributed by atoms with Gasteiger partial charge >= 0.3 is 0 Å². The number of nitrogens with one attached hydrogen (secondary N) is 1. The largest absolute Gasteiger partial charge is 0.493 e. The van der Waals surface area contributed by atoms with Crippen molar-refractivity contribution in [3.63, 3.8) is 0 Å². The molecule has 0 fully saturated rings. The van der Waals surface area contributed by atoms with E-state index in [0.29, 0.717) is 24.7 Å². The summed E-state index contributed by atoms with van der Waals surface area (Å²) in [6, 6.07) is 3.16. The van der Waals surface area contributed by atoms with Gasteiger partial charge in [0.15, 0.2) is 5.65 Å². The summed E-state index contributed by atoms with van der Waals surface area (Å²) < 4.78 is 24.2. The van der Waals surface area contributed by atoms with E-state index < -0.39 is 0 Å². The minimum absolute atomic E-state index is 0.231. The van der Waals surface area contributed by atoms with Gasteiger partial charge in [0.1, 0.15) is 17.9 Å². The van der Waals surface area contributed by atoms with Crippen molar-refractivity contribution in [1.82, 2.24) is 23.9 Å². The fourth-order valence-corrected chi connectivity index (χ4v) is 4.81. The number of hydrogen-bond acceptors (Lipinski definition) is 7. The highest BCUT2D eigenvalue weighted by molar-refractivity contribution is 7.96. The molecule has 1 aromatic carbocycles. The smallest absolute Gasteiger partial charge is 0.210 e. The van der Waals surface area contributed by atoms with Crippen LogP contribution in [0.4, 0.5) is 10.3 Å². The van der Waals surface area contributed by atoms with Crippen LogP contribution in [0.2, 0.25) is 0 Å². The van der Waals surface area contributed by atoms with E-state index in [1.807, 2.05) is 22.5 Å². The third-order valence-electron chi connectivity index (χ3n) is 5.53. The van der Waals surface area contributed by atoms with E-state index >= 15 is 0 Å². The quantitative estimate of drug-likeness (QED) is 0.605. The van der Waals surface area contributed by atoms with Crippen molar-refractivity contribution in [1.29, 1.82) is 0 Å². The molecule has 5 rings (SSSR count). The summed E-state index contributed by atoms with van der Waals surface area (Å²) in [7, 11) is 0. The van der Waals surface area contributed by atoms with Crippen LogP contribution in [0.25, 0.3) is 11.2 Å². The molecular weight excluding hydrogens is 403 g/mol. The monoisotopic (exact) mass is 426 g/mol. The second-order valence-electron chi connectivity index (χ2n) is 7.26. The van der Waals surface area contributed by atoms with Crippen LogP contribution >= 0.6 is 11.9 Å². The van der Waals surface area contributed by atoms with Gasteiger partial charge in [0, 0.05) is 54.7 Å². The highest BCUT2D eigenvalue weighted by atomic mass is 32.2. The molecule has 2 aromatic heterocycles. The maximum absolute atomic E-state index is 14.4. The van der Waals surface area contributed by atoms with E-state index in [2.05, 4.69) is 37.8 Å². The molecule has 0 saturated carbocycles. The standard InChI is InChI=1S/C21H23FN6OS/c1-2-30-27-8-5-14(6-9-27)16-11-23-21(28-13-25-26-20(16)28)24-12-17-15-7-10-29-19(15)4-3-18(17)22/h3-5,11,13H,2,6-10,12H2,1H3,(H,23,24). The van der Waals surface area contributed by atoms with Crippen molar-refractivity contribution < 1.29 is 9.13 Å². The Hall–Kier alpha value is -2.65. The lowest BCUT2D eigenvalue weighted by molar-refractivity contribution is 0.356. The van der Waals surface area contributed by atoms with E-state index in [4.69, 9.17) is 4.74 Å². The molecule has 0 radical (unpaired) electrons. The molecule has 0 aliphatic carbocycles. The van der Waals surface area contributed by atoms with E-state index in [0.717, 1.165) is 54.2 Å². The molecule has 0 unspecified atom stereocenters. The molecule has 9 heteroatoms. The Morgan fingerprint density at radius 3 is 3.07 bits per heavy atom. The molecule has 0 atom stereocenters. The summed E-state index contributed by atoms with van der Waals surface area (Å²) >= 11 is 1.86. The normalized spacial score (nSPS) is 16.4. The predicted octanol–water partition coefficient (Wildman–Crippen LogP) is 3.57. The highest BCUT2D eigenvalue weighted by Gasteiger charge is 2.21. The van der Waals surface area contributed by atoms with Crippen LogP contribution in [0, 0.1) is 5.82 Å². The molecule has 30 heavy (non-hydrogen) atoms. The summed E-state index contributed by atoms with van der Waals surface area (Å²) in [5, 5.41) is 11.7. The highest BCUT2D eigenvalue weighted by Crippen LogP contribution is 2.31. The molecule has 0 bridgehead atoms. The zero-order valence-corrected chi connectivity index (χ0v) is 17.6. The number of anilines is 1. The molecule has 0 amide bonds. The first-order chi connectivity index (χ1) is 14.7. The lowest BCUT2D eigenvalue weighted by Crippen LogP contribution is -2.22. The molecule has 1 N–H and O–H groups in total. The average molecular weight is 427 g/mol. The summed E-state index contributed by atoms with van der Waals surface area (Å²) in [6.45, 7) is 5.00. The second-order valence-corrected chi connectivity index (χ2v) is 8.61. The Labute approximate surface area is 178 Å². The maximum Gasteiger partial charge on any atom is 0.210 e. The van der Waals surface area contributed by atoms with Crippen LogP contribution in [0.1, 0.15) is 30.0 Å². The third kappa shape index (κ3) is 3.52. The molecule has 2 aliphatic rings. The van der Waals surface area contributed by atoms with Crippen LogP contribution in [-0.2, 0) is 13.0 Å². The van der Waals surface area contributed by atoms with E-state index in [1.54, 1.807) is 12.4 Å².